The summed E-state index contributed by atoms with van der Waals surface area (Å²) in [6.07, 6.45) is 0.418. The first-order valence-electron chi connectivity index (χ1n) is 4.93. The molecule has 0 fully saturated rings. The van der Waals surface area contributed by atoms with E-state index in [1.54, 1.807) is 6.92 Å². The first kappa shape index (κ1) is 13.4. The van der Waals surface area contributed by atoms with Crippen LogP contribution in [0.2, 0.25) is 5.02 Å². The fourth-order valence-corrected chi connectivity index (χ4v) is 1.67. The van der Waals surface area contributed by atoms with Gasteiger partial charge in [0.05, 0.1) is 0 Å². The molecule has 0 aromatic heterocycles. The zero-order valence-corrected chi connectivity index (χ0v) is 9.84. The van der Waals surface area contributed by atoms with Crippen molar-refractivity contribution in [2.45, 2.75) is 13.3 Å². The number of benzene rings is 1. The Morgan fingerprint density at radius 1 is 1.47 bits per heavy atom. The van der Waals surface area contributed by atoms with E-state index in [0.717, 1.165) is 6.07 Å². The van der Waals surface area contributed by atoms with Crippen LogP contribution < -0.4 is 5.32 Å². The molecule has 1 amide bonds. The number of carboxylic acids is 1. The SMILES string of the molecule is CCc1c(F)cc(C(=O)NCC(=O)O)cc1Cl. The Balaban J connectivity index is 2.92. The minimum Gasteiger partial charge on any atom is -0.480 e. The van der Waals surface area contributed by atoms with Gasteiger partial charge >= 0.3 is 5.97 Å². The van der Waals surface area contributed by atoms with Crippen LogP contribution in [0.1, 0.15) is 22.8 Å². The predicted octanol–water partition coefficient (Wildman–Crippen LogP) is 1.86. The van der Waals surface area contributed by atoms with E-state index in [-0.39, 0.29) is 10.6 Å². The molecule has 4 nitrogen and oxygen atoms in total. The predicted molar refractivity (Wildman–Crippen MR) is 60.8 cm³/mol. The molecule has 2 N–H and O–H groups in total. The average Bonchev–Trinajstić information content (AvgIpc) is 2.25. The second-order valence-electron chi connectivity index (χ2n) is 3.35. The van der Waals surface area contributed by atoms with Gasteiger partial charge in [-0.1, -0.05) is 18.5 Å². The van der Waals surface area contributed by atoms with E-state index in [9.17, 15) is 14.0 Å². The lowest BCUT2D eigenvalue weighted by molar-refractivity contribution is -0.135. The largest absolute Gasteiger partial charge is 0.480 e. The second kappa shape index (κ2) is 5.63. The molecule has 0 spiro atoms. The molecule has 0 aliphatic rings. The van der Waals surface area contributed by atoms with Crippen molar-refractivity contribution in [3.8, 4) is 0 Å². The highest BCUT2D eigenvalue weighted by molar-refractivity contribution is 6.31. The monoisotopic (exact) mass is 259 g/mol. The average molecular weight is 260 g/mol. The first-order chi connectivity index (χ1) is 7.95. The summed E-state index contributed by atoms with van der Waals surface area (Å²) in [4.78, 5) is 21.7. The number of rotatable bonds is 4. The molecule has 1 aromatic rings. The fraction of sp³-hybridized carbons (Fsp3) is 0.273. The van der Waals surface area contributed by atoms with Crippen molar-refractivity contribution in [2.75, 3.05) is 6.54 Å². The van der Waals surface area contributed by atoms with Crippen molar-refractivity contribution in [1.82, 2.24) is 5.32 Å². The summed E-state index contributed by atoms with van der Waals surface area (Å²) in [5, 5.41) is 10.7. The van der Waals surface area contributed by atoms with Crippen LogP contribution >= 0.6 is 11.6 Å². The van der Waals surface area contributed by atoms with Crippen molar-refractivity contribution in [3.63, 3.8) is 0 Å². The summed E-state index contributed by atoms with van der Waals surface area (Å²) in [6, 6.07) is 2.36. The van der Waals surface area contributed by atoms with Gasteiger partial charge in [-0.15, -0.1) is 0 Å². The van der Waals surface area contributed by atoms with Gasteiger partial charge in [0.15, 0.2) is 0 Å². The van der Waals surface area contributed by atoms with E-state index in [1.165, 1.54) is 6.07 Å². The maximum atomic E-state index is 13.5. The van der Waals surface area contributed by atoms with Crippen LogP contribution in [0.25, 0.3) is 0 Å². The van der Waals surface area contributed by atoms with Crippen molar-refractivity contribution in [3.05, 3.63) is 34.1 Å². The van der Waals surface area contributed by atoms with Gasteiger partial charge in [-0.25, -0.2) is 4.39 Å². The molecule has 1 rings (SSSR count). The third-order valence-corrected chi connectivity index (χ3v) is 2.49. The number of carboxylic acid groups (broad SMARTS) is 1. The second-order valence-corrected chi connectivity index (χ2v) is 3.76. The molecule has 0 atom stereocenters. The highest BCUT2D eigenvalue weighted by Gasteiger charge is 2.13. The minimum absolute atomic E-state index is 0.00551. The van der Waals surface area contributed by atoms with Crippen LogP contribution in [-0.4, -0.2) is 23.5 Å². The van der Waals surface area contributed by atoms with Crippen LogP contribution in [0.5, 0.6) is 0 Å². The van der Waals surface area contributed by atoms with Crippen LogP contribution in [0.4, 0.5) is 4.39 Å². The number of aliphatic carboxylic acids is 1. The van der Waals surface area contributed by atoms with E-state index < -0.39 is 24.2 Å². The maximum Gasteiger partial charge on any atom is 0.322 e. The van der Waals surface area contributed by atoms with Crippen molar-refractivity contribution in [1.29, 1.82) is 0 Å². The lowest BCUT2D eigenvalue weighted by Crippen LogP contribution is -2.29. The Kier molecular flexibility index (Phi) is 4.45. The van der Waals surface area contributed by atoms with E-state index in [4.69, 9.17) is 16.7 Å². The standard InChI is InChI=1S/C11H11ClFNO3/c1-2-7-8(12)3-6(4-9(7)13)11(17)14-5-10(15)16/h3-4H,2,5H2,1H3,(H,14,17)(H,15,16). The molecular weight excluding hydrogens is 249 g/mol. The van der Waals surface area contributed by atoms with E-state index in [1.807, 2.05) is 0 Å². The van der Waals surface area contributed by atoms with Gasteiger partial charge in [-0.2, -0.15) is 0 Å². The summed E-state index contributed by atoms with van der Waals surface area (Å²) in [5.74, 6) is -2.41. The van der Waals surface area contributed by atoms with Gasteiger partial charge in [0.2, 0.25) is 0 Å². The van der Waals surface area contributed by atoms with Gasteiger partial charge in [-0.3, -0.25) is 9.59 Å². The van der Waals surface area contributed by atoms with Gasteiger partial charge < -0.3 is 10.4 Å². The fourth-order valence-electron chi connectivity index (χ4n) is 1.33. The Labute approximate surface area is 102 Å². The van der Waals surface area contributed by atoms with Crippen molar-refractivity contribution >= 4 is 23.5 Å². The quantitative estimate of drug-likeness (QED) is 0.867. The normalized spacial score (nSPS) is 10.1. The van der Waals surface area contributed by atoms with Crippen LogP contribution in [0.3, 0.4) is 0 Å². The van der Waals surface area contributed by atoms with Crippen molar-refractivity contribution < 1.29 is 19.1 Å². The van der Waals surface area contributed by atoms with Gasteiger partial charge in [0, 0.05) is 16.1 Å². The number of hydrogen-bond acceptors (Lipinski definition) is 2. The Morgan fingerprint density at radius 2 is 2.12 bits per heavy atom. The molecule has 0 saturated heterocycles. The van der Waals surface area contributed by atoms with Gasteiger partial charge in [0.25, 0.3) is 5.91 Å². The molecule has 0 bridgehead atoms. The number of halogens is 2. The lowest BCUT2D eigenvalue weighted by atomic mass is 10.1. The molecule has 0 aliphatic carbocycles. The Hall–Kier alpha value is -1.62. The molecule has 6 heteroatoms. The van der Waals surface area contributed by atoms with E-state index in [0.29, 0.717) is 12.0 Å². The molecular formula is C11H11ClFNO3. The van der Waals surface area contributed by atoms with Crippen LogP contribution in [-0.2, 0) is 11.2 Å². The number of carbonyl (C=O) groups excluding carboxylic acids is 1. The lowest BCUT2D eigenvalue weighted by Gasteiger charge is -2.07. The van der Waals surface area contributed by atoms with E-state index >= 15 is 0 Å². The Bertz CT molecular complexity index is 439. The topological polar surface area (TPSA) is 66.4 Å². The van der Waals surface area contributed by atoms with Gasteiger partial charge in [0.1, 0.15) is 12.4 Å². The summed E-state index contributed by atoms with van der Waals surface area (Å²) in [7, 11) is 0. The zero-order valence-electron chi connectivity index (χ0n) is 9.09. The molecule has 0 heterocycles. The highest BCUT2D eigenvalue weighted by Crippen LogP contribution is 2.22. The molecule has 0 radical (unpaired) electrons. The van der Waals surface area contributed by atoms with Gasteiger partial charge in [-0.05, 0) is 18.6 Å². The van der Waals surface area contributed by atoms with Crippen LogP contribution in [0.15, 0.2) is 12.1 Å². The number of amides is 1. The highest BCUT2D eigenvalue weighted by atomic mass is 35.5. The molecule has 0 aliphatic heterocycles. The molecule has 17 heavy (non-hydrogen) atoms. The Morgan fingerprint density at radius 3 is 2.59 bits per heavy atom. The molecule has 92 valence electrons. The summed E-state index contributed by atoms with van der Waals surface area (Å²) in [6.45, 7) is 1.22. The van der Waals surface area contributed by atoms with Crippen molar-refractivity contribution in [2.24, 2.45) is 0 Å². The van der Waals surface area contributed by atoms with Crippen LogP contribution in [0, 0.1) is 5.82 Å². The first-order valence-corrected chi connectivity index (χ1v) is 5.31. The number of nitrogens with one attached hydrogen (secondary N) is 1. The molecule has 0 unspecified atom stereocenters. The number of carbonyl (C=O) groups is 2. The summed E-state index contributed by atoms with van der Waals surface area (Å²) in [5.41, 5.74) is 0.340. The maximum absolute atomic E-state index is 13.5. The summed E-state index contributed by atoms with van der Waals surface area (Å²) >= 11 is 5.81. The number of hydrogen-bond donors (Lipinski definition) is 2. The molecule has 1 aromatic carbocycles. The summed E-state index contributed by atoms with van der Waals surface area (Å²) < 4.78 is 13.5. The molecule has 0 saturated carbocycles. The minimum atomic E-state index is -1.17. The smallest absolute Gasteiger partial charge is 0.322 e. The van der Waals surface area contributed by atoms with E-state index in [2.05, 4.69) is 5.32 Å². The third-order valence-electron chi connectivity index (χ3n) is 2.16. The zero-order chi connectivity index (χ0) is 13.0. The third kappa shape index (κ3) is 3.42.